The number of H-pyrrole nitrogens is 2. The number of benzene rings is 2. The minimum atomic E-state index is -0.544. The van der Waals surface area contributed by atoms with Gasteiger partial charge in [0.05, 0.1) is 28.9 Å². The van der Waals surface area contributed by atoms with Gasteiger partial charge in [0.2, 0.25) is 0 Å². The van der Waals surface area contributed by atoms with Crippen molar-refractivity contribution in [3.05, 3.63) is 53.1 Å². The lowest BCUT2D eigenvalue weighted by atomic mass is 10.1. The van der Waals surface area contributed by atoms with Gasteiger partial charge in [0.15, 0.2) is 5.82 Å². The van der Waals surface area contributed by atoms with Crippen molar-refractivity contribution in [2.75, 3.05) is 7.11 Å². The standard InChI is InChI=1S/C17H11ClF2N4O/c1-25-8-2-3-9(11(19)4-8)13-7-16(24-23-13)17-21-14-5-10(18)12(20)6-15(14)22-17/h2-7H,1H3,(H,21,22)(H,23,24). The van der Waals surface area contributed by atoms with Gasteiger partial charge in [0, 0.05) is 17.7 Å². The molecule has 0 aliphatic heterocycles. The molecule has 0 radical (unpaired) electrons. The highest BCUT2D eigenvalue weighted by molar-refractivity contribution is 6.31. The van der Waals surface area contributed by atoms with Gasteiger partial charge in [-0.1, -0.05) is 11.6 Å². The molecule has 25 heavy (non-hydrogen) atoms. The molecule has 0 bridgehead atoms. The largest absolute Gasteiger partial charge is 0.497 e. The maximum atomic E-state index is 14.2. The van der Waals surface area contributed by atoms with E-state index in [1.165, 1.54) is 25.3 Å². The van der Waals surface area contributed by atoms with Crippen molar-refractivity contribution < 1.29 is 13.5 Å². The predicted octanol–water partition coefficient (Wildman–Crippen LogP) is 4.56. The summed E-state index contributed by atoms with van der Waals surface area (Å²) < 4.78 is 32.7. The molecule has 126 valence electrons. The molecular weight excluding hydrogens is 350 g/mol. The van der Waals surface area contributed by atoms with Crippen molar-refractivity contribution in [1.82, 2.24) is 20.2 Å². The fourth-order valence-corrected chi connectivity index (χ4v) is 2.71. The zero-order chi connectivity index (χ0) is 17.6. The maximum absolute atomic E-state index is 14.2. The van der Waals surface area contributed by atoms with Crippen LogP contribution in [0, 0.1) is 11.6 Å². The molecule has 8 heteroatoms. The van der Waals surface area contributed by atoms with E-state index < -0.39 is 11.6 Å². The summed E-state index contributed by atoms with van der Waals surface area (Å²) in [5, 5.41) is 6.92. The highest BCUT2D eigenvalue weighted by atomic mass is 35.5. The van der Waals surface area contributed by atoms with E-state index in [9.17, 15) is 8.78 Å². The number of nitrogens with zero attached hydrogens (tertiary/aromatic N) is 2. The average molecular weight is 361 g/mol. The van der Waals surface area contributed by atoms with Crippen molar-refractivity contribution in [2.24, 2.45) is 0 Å². The average Bonchev–Trinajstić information content (AvgIpc) is 3.22. The Kier molecular flexibility index (Phi) is 3.65. The molecule has 0 atom stereocenters. The fourth-order valence-electron chi connectivity index (χ4n) is 2.54. The lowest BCUT2D eigenvalue weighted by molar-refractivity contribution is 0.411. The smallest absolute Gasteiger partial charge is 0.156 e. The first-order valence-electron chi connectivity index (χ1n) is 7.29. The SMILES string of the molecule is COc1ccc(-c2cc(-c3nc4cc(F)c(Cl)cc4[nH]3)[nH]n2)c(F)c1. The fraction of sp³-hybridized carbons (Fsp3) is 0.0588. The van der Waals surface area contributed by atoms with Crippen LogP contribution in [0.5, 0.6) is 5.75 Å². The van der Waals surface area contributed by atoms with E-state index in [-0.39, 0.29) is 5.02 Å². The van der Waals surface area contributed by atoms with Crippen LogP contribution < -0.4 is 4.74 Å². The van der Waals surface area contributed by atoms with Crippen LogP contribution in [-0.2, 0) is 0 Å². The number of halogens is 3. The van der Waals surface area contributed by atoms with E-state index in [1.807, 2.05) is 0 Å². The van der Waals surface area contributed by atoms with E-state index in [4.69, 9.17) is 16.3 Å². The Hall–Kier alpha value is -2.93. The molecule has 0 aliphatic rings. The number of rotatable bonds is 3. The van der Waals surface area contributed by atoms with Gasteiger partial charge in [0.25, 0.3) is 0 Å². The van der Waals surface area contributed by atoms with E-state index >= 15 is 0 Å². The van der Waals surface area contributed by atoms with Crippen molar-refractivity contribution in [2.45, 2.75) is 0 Å². The lowest BCUT2D eigenvalue weighted by Crippen LogP contribution is -1.88. The van der Waals surface area contributed by atoms with Crippen LogP contribution in [-0.4, -0.2) is 27.3 Å². The molecular formula is C17H11ClF2N4O. The monoisotopic (exact) mass is 360 g/mol. The van der Waals surface area contributed by atoms with Crippen molar-refractivity contribution in [3.8, 4) is 28.5 Å². The molecule has 2 aromatic carbocycles. The van der Waals surface area contributed by atoms with Crippen LogP contribution in [0.25, 0.3) is 33.8 Å². The van der Waals surface area contributed by atoms with Crippen LogP contribution in [0.3, 0.4) is 0 Å². The van der Waals surface area contributed by atoms with Crippen LogP contribution in [0.2, 0.25) is 5.02 Å². The van der Waals surface area contributed by atoms with Crippen LogP contribution in [0.4, 0.5) is 8.78 Å². The summed E-state index contributed by atoms with van der Waals surface area (Å²) in [6.07, 6.45) is 0. The molecule has 0 fully saturated rings. The molecule has 0 spiro atoms. The van der Waals surface area contributed by atoms with Crippen LogP contribution in [0.15, 0.2) is 36.4 Å². The Balaban J connectivity index is 1.74. The lowest BCUT2D eigenvalue weighted by Gasteiger charge is -2.02. The topological polar surface area (TPSA) is 66.6 Å². The second kappa shape index (κ2) is 5.86. The minimum absolute atomic E-state index is 0.00769. The quantitative estimate of drug-likeness (QED) is 0.563. The summed E-state index contributed by atoms with van der Waals surface area (Å²) >= 11 is 5.77. The Morgan fingerprint density at radius 2 is 1.92 bits per heavy atom. The molecule has 0 aliphatic carbocycles. The molecule has 0 unspecified atom stereocenters. The number of fused-ring (bicyclic) bond motifs is 1. The first-order chi connectivity index (χ1) is 12.0. The number of aromatic amines is 2. The van der Waals surface area contributed by atoms with Gasteiger partial charge in [-0.2, -0.15) is 5.10 Å². The van der Waals surface area contributed by atoms with Gasteiger partial charge < -0.3 is 9.72 Å². The summed E-state index contributed by atoms with van der Waals surface area (Å²) in [4.78, 5) is 7.33. The summed E-state index contributed by atoms with van der Waals surface area (Å²) in [5.41, 5.74) is 2.31. The number of imidazole rings is 1. The van der Waals surface area contributed by atoms with Crippen molar-refractivity contribution in [1.29, 1.82) is 0 Å². The Morgan fingerprint density at radius 3 is 2.68 bits per heavy atom. The van der Waals surface area contributed by atoms with E-state index in [0.717, 1.165) is 0 Å². The number of hydrogen-bond donors (Lipinski definition) is 2. The first-order valence-corrected chi connectivity index (χ1v) is 7.67. The van der Waals surface area contributed by atoms with Crippen LogP contribution >= 0.6 is 11.6 Å². The molecule has 0 saturated heterocycles. The second-order valence-corrected chi connectivity index (χ2v) is 5.79. The van der Waals surface area contributed by atoms with E-state index in [2.05, 4.69) is 20.2 Å². The van der Waals surface area contributed by atoms with Crippen molar-refractivity contribution >= 4 is 22.6 Å². The molecule has 2 N–H and O–H groups in total. The van der Waals surface area contributed by atoms with Gasteiger partial charge in [-0.25, -0.2) is 13.8 Å². The minimum Gasteiger partial charge on any atom is -0.497 e. The molecule has 2 aromatic heterocycles. The molecule has 0 amide bonds. The number of hydrogen-bond acceptors (Lipinski definition) is 3. The third-order valence-electron chi connectivity index (χ3n) is 3.81. The molecule has 4 aromatic rings. The summed E-state index contributed by atoms with van der Waals surface area (Å²) in [6, 6.07) is 8.89. The number of aromatic nitrogens is 4. The van der Waals surface area contributed by atoms with Gasteiger partial charge in [-0.3, -0.25) is 5.10 Å². The molecule has 2 heterocycles. The van der Waals surface area contributed by atoms with Gasteiger partial charge >= 0.3 is 0 Å². The third-order valence-corrected chi connectivity index (χ3v) is 4.10. The Morgan fingerprint density at radius 1 is 1.08 bits per heavy atom. The first kappa shape index (κ1) is 15.6. The highest BCUT2D eigenvalue weighted by Gasteiger charge is 2.14. The van der Waals surface area contributed by atoms with Gasteiger partial charge in [-0.05, 0) is 24.3 Å². The molecule has 4 rings (SSSR count). The third kappa shape index (κ3) is 2.72. The zero-order valence-electron chi connectivity index (χ0n) is 12.9. The summed E-state index contributed by atoms with van der Waals surface area (Å²) in [5.74, 6) is -0.119. The summed E-state index contributed by atoms with van der Waals surface area (Å²) in [7, 11) is 1.47. The molecule has 5 nitrogen and oxygen atoms in total. The van der Waals surface area contributed by atoms with Crippen molar-refractivity contribution in [3.63, 3.8) is 0 Å². The highest BCUT2D eigenvalue weighted by Crippen LogP contribution is 2.29. The zero-order valence-corrected chi connectivity index (χ0v) is 13.7. The number of nitrogens with one attached hydrogen (secondary N) is 2. The second-order valence-electron chi connectivity index (χ2n) is 5.38. The Labute approximate surface area is 145 Å². The normalized spacial score (nSPS) is 11.2. The van der Waals surface area contributed by atoms with Gasteiger partial charge in [-0.15, -0.1) is 0 Å². The number of ether oxygens (including phenoxy) is 1. The van der Waals surface area contributed by atoms with E-state index in [1.54, 1.807) is 18.2 Å². The van der Waals surface area contributed by atoms with Crippen LogP contribution in [0.1, 0.15) is 0 Å². The maximum Gasteiger partial charge on any atom is 0.156 e. The predicted molar refractivity (Wildman–Crippen MR) is 90.6 cm³/mol. The summed E-state index contributed by atoms with van der Waals surface area (Å²) in [6.45, 7) is 0. The van der Waals surface area contributed by atoms with Gasteiger partial charge in [0.1, 0.15) is 23.1 Å². The van der Waals surface area contributed by atoms with E-state index in [0.29, 0.717) is 39.6 Å². The molecule has 0 saturated carbocycles. The Bertz CT molecular complexity index is 1050. The number of methoxy groups -OCH3 is 1.